The number of hydrogen-bond acceptors (Lipinski definition) is 3. The predicted molar refractivity (Wildman–Crippen MR) is 98.7 cm³/mol. The summed E-state index contributed by atoms with van der Waals surface area (Å²) in [5.41, 5.74) is 0. The van der Waals surface area contributed by atoms with Crippen molar-refractivity contribution in [2.24, 2.45) is 5.92 Å². The van der Waals surface area contributed by atoms with Gasteiger partial charge in [0.1, 0.15) is 0 Å². The zero-order valence-corrected chi connectivity index (χ0v) is 16.0. The second kappa shape index (κ2) is 15.4. The molecular formula is C19H38N2O3. The van der Waals surface area contributed by atoms with Gasteiger partial charge in [-0.15, -0.1) is 0 Å². The number of unbranched alkanes of at least 4 members (excludes halogenated alkanes) is 4. The number of aliphatic hydroxyl groups excluding tert-OH is 1. The molecule has 5 nitrogen and oxygen atoms in total. The average Bonchev–Trinajstić information content (AvgIpc) is 2.60. The van der Waals surface area contributed by atoms with Crippen molar-refractivity contribution in [2.75, 3.05) is 26.2 Å². The summed E-state index contributed by atoms with van der Waals surface area (Å²) in [5, 5.41) is 11.8. The number of carbonyl (C=O) groups is 2. The zero-order valence-electron chi connectivity index (χ0n) is 16.0. The smallest absolute Gasteiger partial charge is 0.241 e. The van der Waals surface area contributed by atoms with E-state index in [1.807, 2.05) is 0 Å². The third kappa shape index (κ3) is 11.4. The normalized spacial score (nSPS) is 14.8. The fourth-order valence-electron chi connectivity index (χ4n) is 2.63. The molecule has 1 aliphatic heterocycles. The fourth-order valence-corrected chi connectivity index (χ4v) is 2.63. The molecule has 0 aromatic carbocycles. The molecule has 1 saturated heterocycles. The van der Waals surface area contributed by atoms with Crippen LogP contribution in [0.25, 0.3) is 0 Å². The fraction of sp³-hybridized carbons (Fsp3) is 0.895. The lowest BCUT2D eigenvalue weighted by atomic mass is 9.98. The first kappa shape index (κ1) is 22.9. The lowest BCUT2D eigenvalue weighted by molar-refractivity contribution is -0.134. The van der Waals surface area contributed by atoms with Crippen LogP contribution in [0, 0.1) is 5.92 Å². The lowest BCUT2D eigenvalue weighted by Crippen LogP contribution is -2.44. The van der Waals surface area contributed by atoms with Gasteiger partial charge in [-0.25, -0.2) is 0 Å². The van der Waals surface area contributed by atoms with Crippen molar-refractivity contribution < 1.29 is 14.7 Å². The first-order chi connectivity index (χ1) is 11.6. The molecule has 0 aliphatic carbocycles. The topological polar surface area (TPSA) is 69.6 Å². The average molecular weight is 343 g/mol. The van der Waals surface area contributed by atoms with E-state index in [9.17, 15) is 9.59 Å². The van der Waals surface area contributed by atoms with Crippen LogP contribution >= 0.6 is 0 Å². The van der Waals surface area contributed by atoms with Gasteiger partial charge in [0.05, 0.1) is 6.54 Å². The maximum atomic E-state index is 12.0. The van der Waals surface area contributed by atoms with Crippen molar-refractivity contribution in [1.29, 1.82) is 0 Å². The number of nitrogens with one attached hydrogen (secondary N) is 1. The van der Waals surface area contributed by atoms with E-state index in [4.69, 9.17) is 5.11 Å². The quantitative estimate of drug-likeness (QED) is 0.633. The molecule has 1 heterocycles. The standard InChI is InChI=1S/C16H30N2O3.C3H8/c1-2-3-4-5-6-7-15(20)17-12-16(21)18-10-8-14(13-19)9-11-18;1-3-2/h14,19H,2-13H2,1H3,(H,17,20);3H2,1-2H3. The van der Waals surface area contributed by atoms with Gasteiger partial charge < -0.3 is 15.3 Å². The number of hydrogen-bond donors (Lipinski definition) is 2. The van der Waals surface area contributed by atoms with Gasteiger partial charge in [0.25, 0.3) is 0 Å². The Morgan fingerprint density at radius 2 is 1.62 bits per heavy atom. The molecule has 24 heavy (non-hydrogen) atoms. The Kier molecular flexibility index (Phi) is 14.7. The predicted octanol–water partition coefficient (Wildman–Crippen LogP) is 3.11. The first-order valence-corrected chi connectivity index (χ1v) is 9.74. The Morgan fingerprint density at radius 1 is 1.04 bits per heavy atom. The number of nitrogens with zero attached hydrogens (tertiary/aromatic N) is 1. The number of likely N-dealkylation sites (tertiary alicyclic amines) is 1. The van der Waals surface area contributed by atoms with E-state index in [2.05, 4.69) is 26.1 Å². The minimum Gasteiger partial charge on any atom is -0.396 e. The van der Waals surface area contributed by atoms with Crippen molar-refractivity contribution in [3.05, 3.63) is 0 Å². The Hall–Kier alpha value is -1.10. The lowest BCUT2D eigenvalue weighted by Gasteiger charge is -2.31. The van der Waals surface area contributed by atoms with Gasteiger partial charge in [0.2, 0.25) is 11.8 Å². The molecule has 0 unspecified atom stereocenters. The van der Waals surface area contributed by atoms with Gasteiger partial charge in [0, 0.05) is 26.1 Å². The van der Waals surface area contributed by atoms with Gasteiger partial charge in [-0.05, 0) is 25.2 Å². The Balaban J connectivity index is 0.00000163. The molecule has 1 fully saturated rings. The molecule has 2 amide bonds. The van der Waals surface area contributed by atoms with Crippen LogP contribution in [0.3, 0.4) is 0 Å². The summed E-state index contributed by atoms with van der Waals surface area (Å²) in [6, 6.07) is 0. The van der Waals surface area contributed by atoms with Crippen LogP contribution in [0.1, 0.15) is 78.6 Å². The summed E-state index contributed by atoms with van der Waals surface area (Å²) in [6.45, 7) is 8.12. The van der Waals surface area contributed by atoms with Crippen LogP contribution < -0.4 is 5.32 Å². The van der Waals surface area contributed by atoms with Crippen molar-refractivity contribution in [3.63, 3.8) is 0 Å². The van der Waals surface area contributed by atoms with Crippen LogP contribution in [0.2, 0.25) is 0 Å². The number of piperidine rings is 1. The van der Waals surface area contributed by atoms with Crippen molar-refractivity contribution in [3.8, 4) is 0 Å². The highest BCUT2D eigenvalue weighted by Gasteiger charge is 2.22. The van der Waals surface area contributed by atoms with Crippen LogP contribution in [0.4, 0.5) is 0 Å². The van der Waals surface area contributed by atoms with Gasteiger partial charge in [0.15, 0.2) is 0 Å². The summed E-state index contributed by atoms with van der Waals surface area (Å²) in [6.07, 6.45) is 9.08. The van der Waals surface area contributed by atoms with E-state index in [0.29, 0.717) is 25.4 Å². The summed E-state index contributed by atoms with van der Waals surface area (Å²) in [4.78, 5) is 25.4. The molecule has 0 saturated carbocycles. The molecule has 0 aromatic heterocycles. The summed E-state index contributed by atoms with van der Waals surface area (Å²) >= 11 is 0. The second-order valence-electron chi connectivity index (χ2n) is 6.65. The third-order valence-electron chi connectivity index (χ3n) is 4.17. The highest BCUT2D eigenvalue weighted by Crippen LogP contribution is 2.16. The largest absolute Gasteiger partial charge is 0.396 e. The molecule has 0 spiro atoms. The van der Waals surface area contributed by atoms with Gasteiger partial charge in [-0.1, -0.05) is 52.9 Å². The van der Waals surface area contributed by atoms with Crippen LogP contribution in [-0.2, 0) is 9.59 Å². The number of aliphatic hydroxyl groups is 1. The van der Waals surface area contributed by atoms with Gasteiger partial charge >= 0.3 is 0 Å². The number of carbonyl (C=O) groups excluding carboxylic acids is 2. The van der Waals surface area contributed by atoms with Gasteiger partial charge in [-0.2, -0.15) is 0 Å². The van der Waals surface area contributed by atoms with E-state index < -0.39 is 0 Å². The molecule has 1 rings (SSSR count). The summed E-state index contributed by atoms with van der Waals surface area (Å²) in [5.74, 6) is 0.294. The SMILES string of the molecule is CCC.CCCCCCCC(=O)NCC(=O)N1CCC(CO)CC1. The molecule has 2 N–H and O–H groups in total. The molecule has 0 atom stereocenters. The van der Waals surface area contributed by atoms with Crippen molar-refractivity contribution in [1.82, 2.24) is 10.2 Å². The first-order valence-electron chi connectivity index (χ1n) is 9.74. The van der Waals surface area contributed by atoms with Gasteiger partial charge in [-0.3, -0.25) is 9.59 Å². The van der Waals surface area contributed by atoms with E-state index in [1.165, 1.54) is 25.7 Å². The van der Waals surface area contributed by atoms with Crippen LogP contribution in [-0.4, -0.2) is 48.1 Å². The minimum absolute atomic E-state index is 0.00859. The number of rotatable bonds is 9. The molecular weight excluding hydrogens is 304 g/mol. The van der Waals surface area contributed by atoms with E-state index in [1.54, 1.807) is 4.90 Å². The minimum atomic E-state index is -0.0231. The van der Waals surface area contributed by atoms with Crippen molar-refractivity contribution in [2.45, 2.75) is 78.6 Å². The maximum Gasteiger partial charge on any atom is 0.241 e. The zero-order chi connectivity index (χ0) is 18.2. The number of amides is 2. The monoisotopic (exact) mass is 342 g/mol. The molecule has 1 aliphatic rings. The van der Waals surface area contributed by atoms with Crippen LogP contribution in [0.15, 0.2) is 0 Å². The maximum absolute atomic E-state index is 12.0. The highest BCUT2D eigenvalue weighted by atomic mass is 16.3. The summed E-state index contributed by atoms with van der Waals surface area (Å²) in [7, 11) is 0. The van der Waals surface area contributed by atoms with E-state index >= 15 is 0 Å². The van der Waals surface area contributed by atoms with Crippen molar-refractivity contribution >= 4 is 11.8 Å². The Labute approximate surface area is 148 Å². The second-order valence-corrected chi connectivity index (χ2v) is 6.65. The molecule has 0 radical (unpaired) electrons. The van der Waals surface area contributed by atoms with E-state index in [0.717, 1.165) is 25.7 Å². The molecule has 0 aromatic rings. The van der Waals surface area contributed by atoms with E-state index in [-0.39, 0.29) is 25.0 Å². The molecule has 0 bridgehead atoms. The molecule has 142 valence electrons. The molecule has 5 heteroatoms. The Bertz CT molecular complexity index is 327. The van der Waals surface area contributed by atoms with Crippen LogP contribution in [0.5, 0.6) is 0 Å². The Morgan fingerprint density at radius 3 is 2.17 bits per heavy atom. The third-order valence-corrected chi connectivity index (χ3v) is 4.17. The summed E-state index contributed by atoms with van der Waals surface area (Å²) < 4.78 is 0. The highest BCUT2D eigenvalue weighted by molar-refractivity contribution is 5.84.